The molecule has 9 heteroatoms. The molecule has 0 spiro atoms. The summed E-state index contributed by atoms with van der Waals surface area (Å²) in [4.78, 5) is 23.5. The molecule has 204 valence electrons. The fraction of sp³-hybridized carbons (Fsp3) is 0.769. The molecule has 0 bridgehead atoms. The molecule has 0 aromatic heterocycles. The summed E-state index contributed by atoms with van der Waals surface area (Å²) in [5, 5.41) is 5.29. The van der Waals surface area contributed by atoms with E-state index in [1.165, 1.54) is 0 Å². The van der Waals surface area contributed by atoms with Crippen molar-refractivity contribution < 1.29 is 18.4 Å². The maximum absolute atomic E-state index is 11.8. The van der Waals surface area contributed by atoms with E-state index in [9.17, 15) is 9.59 Å². The van der Waals surface area contributed by atoms with Gasteiger partial charge in [-0.15, -0.1) is 0 Å². The Hall–Kier alpha value is -1.01. The van der Waals surface area contributed by atoms with Crippen LogP contribution in [-0.4, -0.2) is 60.1 Å². The first kappa shape index (κ1) is 34.0. The highest BCUT2D eigenvalue weighted by atomic mass is 28.4. The largest absolute Gasteiger partial charge is 0.412 e. The van der Waals surface area contributed by atoms with Gasteiger partial charge in [0.25, 0.3) is 0 Å². The van der Waals surface area contributed by atoms with Crippen molar-refractivity contribution in [3.05, 3.63) is 24.3 Å². The zero-order chi connectivity index (χ0) is 27.9. The van der Waals surface area contributed by atoms with Crippen LogP contribution in [0.25, 0.3) is 0 Å². The topological polar surface area (TPSA) is 76.7 Å². The molecule has 0 aliphatic carbocycles. The van der Waals surface area contributed by atoms with Crippen LogP contribution in [-0.2, 0) is 18.4 Å². The van der Waals surface area contributed by atoms with Crippen molar-refractivity contribution in [1.82, 2.24) is 10.6 Å². The van der Waals surface area contributed by atoms with Gasteiger partial charge in [-0.25, -0.2) is 0 Å². The highest BCUT2D eigenvalue weighted by Gasteiger charge is 2.51. The minimum atomic E-state index is -2.26. The van der Waals surface area contributed by atoms with Gasteiger partial charge in [0.05, 0.1) is 13.3 Å². The average molecular weight is 543 g/mol. The van der Waals surface area contributed by atoms with Crippen molar-refractivity contribution in [3.63, 3.8) is 0 Å². The van der Waals surface area contributed by atoms with Gasteiger partial charge in [0.15, 0.2) is 8.32 Å². The van der Waals surface area contributed by atoms with E-state index < -0.39 is 24.7 Å². The van der Waals surface area contributed by atoms with Crippen LogP contribution in [0, 0.1) is 0 Å². The molecule has 0 aliphatic rings. The van der Waals surface area contributed by atoms with Crippen LogP contribution in [0.4, 0.5) is 0 Å². The summed E-state index contributed by atoms with van der Waals surface area (Å²) < 4.78 is 13.9. The Balaban J connectivity index is 5.08. The SMILES string of the molecule is C=C(C)C(=O)NCCC[Si](C)(C)OC(C)(C)[Si](C)(C)OC(C)(C)[Si](C)(C)CCCNC(=O)C(=C)C. The Labute approximate surface area is 219 Å². The smallest absolute Gasteiger partial charge is 0.246 e. The lowest BCUT2D eigenvalue weighted by molar-refractivity contribution is -0.118. The van der Waals surface area contributed by atoms with E-state index in [0.29, 0.717) is 24.2 Å². The quantitative estimate of drug-likeness (QED) is 0.144. The van der Waals surface area contributed by atoms with Gasteiger partial charge >= 0.3 is 0 Å². The van der Waals surface area contributed by atoms with Crippen LogP contribution in [0.3, 0.4) is 0 Å². The van der Waals surface area contributed by atoms with E-state index in [-0.39, 0.29) is 22.3 Å². The van der Waals surface area contributed by atoms with Crippen LogP contribution in [0.2, 0.25) is 51.4 Å². The third kappa shape index (κ3) is 11.3. The number of carbonyl (C=O) groups excluding carboxylic acids is 2. The third-order valence-electron chi connectivity index (χ3n) is 7.40. The molecule has 6 nitrogen and oxygen atoms in total. The zero-order valence-corrected chi connectivity index (χ0v) is 27.8. The van der Waals surface area contributed by atoms with Crippen LogP contribution in [0.5, 0.6) is 0 Å². The molecule has 0 aromatic carbocycles. The van der Waals surface area contributed by atoms with Gasteiger partial charge in [0.2, 0.25) is 20.1 Å². The summed E-state index contributed by atoms with van der Waals surface area (Å²) >= 11 is 0. The molecule has 0 saturated carbocycles. The first-order chi connectivity index (χ1) is 15.6. The van der Waals surface area contributed by atoms with Gasteiger partial charge in [-0.1, -0.05) is 32.3 Å². The maximum Gasteiger partial charge on any atom is 0.246 e. The molecule has 0 radical (unpaired) electrons. The Bertz CT molecular complexity index is 775. The lowest BCUT2D eigenvalue weighted by Gasteiger charge is -2.51. The lowest BCUT2D eigenvalue weighted by atomic mass is 10.3. The summed E-state index contributed by atoms with van der Waals surface area (Å²) in [6.45, 7) is 34.8. The summed E-state index contributed by atoms with van der Waals surface area (Å²) in [5.74, 6) is -0.155. The van der Waals surface area contributed by atoms with Gasteiger partial charge in [0, 0.05) is 29.5 Å². The zero-order valence-electron chi connectivity index (χ0n) is 24.8. The minimum absolute atomic E-state index is 0.0718. The van der Waals surface area contributed by atoms with E-state index in [0.717, 1.165) is 24.9 Å². The van der Waals surface area contributed by atoms with Crippen LogP contribution < -0.4 is 10.6 Å². The molecule has 35 heavy (non-hydrogen) atoms. The number of amides is 2. The summed E-state index contributed by atoms with van der Waals surface area (Å²) in [6, 6.07) is 2.04. The van der Waals surface area contributed by atoms with Gasteiger partial charge in [-0.05, 0) is 86.6 Å². The molecule has 0 fully saturated rings. The number of nitrogens with one attached hydrogen (secondary N) is 2. The van der Waals surface area contributed by atoms with Gasteiger partial charge in [0.1, 0.15) is 0 Å². The molecule has 0 aromatic rings. The summed E-state index contributed by atoms with van der Waals surface area (Å²) in [6.07, 6.45) is 1.83. The molecular weight excluding hydrogens is 489 g/mol. The molecule has 0 atom stereocenters. The standard InChI is InChI=1S/C26H54N2O4Si3/c1-21(2)23(29)27-17-15-19-33(9,10)25(5,6)32-35(13,14)26(7,8)31-34(11,12)20-16-18-28-24(30)22(3)4/h1,3,15-20H2,2,4-14H3,(H,27,29)(H,28,30). The Morgan fingerprint density at radius 2 is 1.11 bits per heavy atom. The van der Waals surface area contributed by atoms with Crippen molar-refractivity contribution in [2.24, 2.45) is 0 Å². The van der Waals surface area contributed by atoms with E-state index in [4.69, 9.17) is 8.85 Å². The average Bonchev–Trinajstić information content (AvgIpc) is 2.66. The van der Waals surface area contributed by atoms with Crippen LogP contribution in [0.1, 0.15) is 54.4 Å². The molecule has 0 heterocycles. The van der Waals surface area contributed by atoms with Crippen molar-refractivity contribution in [3.8, 4) is 0 Å². The monoisotopic (exact) mass is 542 g/mol. The van der Waals surface area contributed by atoms with Crippen LogP contribution >= 0.6 is 0 Å². The minimum Gasteiger partial charge on any atom is -0.412 e. The molecule has 2 N–H and O–H groups in total. The Morgan fingerprint density at radius 1 is 0.714 bits per heavy atom. The van der Waals surface area contributed by atoms with Crippen molar-refractivity contribution in [2.45, 2.75) is 116 Å². The maximum atomic E-state index is 11.8. The lowest BCUT2D eigenvalue weighted by Crippen LogP contribution is -2.65. The van der Waals surface area contributed by atoms with E-state index >= 15 is 0 Å². The number of carbonyl (C=O) groups is 2. The number of rotatable bonds is 16. The Morgan fingerprint density at radius 3 is 1.51 bits per heavy atom. The predicted molar refractivity (Wildman–Crippen MR) is 157 cm³/mol. The van der Waals surface area contributed by atoms with Gasteiger partial charge < -0.3 is 19.5 Å². The molecular formula is C26H54N2O4Si3. The Kier molecular flexibility index (Phi) is 12.6. The fourth-order valence-corrected chi connectivity index (χ4v) is 13.2. The molecule has 2 amide bonds. The normalized spacial score (nSPS) is 13.4. The highest BCUT2D eigenvalue weighted by Crippen LogP contribution is 2.38. The van der Waals surface area contributed by atoms with E-state index in [2.05, 4.69) is 90.8 Å². The second kappa shape index (κ2) is 13.0. The predicted octanol–water partition coefficient (Wildman–Crippen LogP) is 5.94. The summed E-state index contributed by atoms with van der Waals surface area (Å²) in [7, 11) is -6.01. The second-order valence-electron chi connectivity index (χ2n) is 12.7. The van der Waals surface area contributed by atoms with Crippen molar-refractivity contribution in [2.75, 3.05) is 13.1 Å². The number of hydrogen-bond donors (Lipinski definition) is 2. The van der Waals surface area contributed by atoms with Gasteiger partial charge in [-0.2, -0.15) is 0 Å². The van der Waals surface area contributed by atoms with Crippen LogP contribution in [0.15, 0.2) is 24.3 Å². The van der Waals surface area contributed by atoms with E-state index in [1.807, 2.05) is 0 Å². The van der Waals surface area contributed by atoms with E-state index in [1.54, 1.807) is 13.8 Å². The van der Waals surface area contributed by atoms with Gasteiger partial charge in [-0.3, -0.25) is 9.59 Å². The third-order valence-corrected chi connectivity index (χ3v) is 19.4. The number of hydrogen-bond acceptors (Lipinski definition) is 4. The first-order valence-electron chi connectivity index (χ1n) is 12.8. The fourth-order valence-electron chi connectivity index (χ4n) is 3.81. The highest BCUT2D eigenvalue weighted by molar-refractivity contribution is 6.82. The molecule has 0 unspecified atom stereocenters. The first-order valence-corrected chi connectivity index (χ1v) is 22.1. The van der Waals surface area contributed by atoms with Crippen molar-refractivity contribution >= 4 is 36.5 Å². The molecule has 0 rings (SSSR count). The summed E-state index contributed by atoms with van der Waals surface area (Å²) in [5.41, 5.74) is 1.08. The van der Waals surface area contributed by atoms with Crippen molar-refractivity contribution in [1.29, 1.82) is 0 Å². The second-order valence-corrected chi connectivity index (χ2v) is 26.8. The molecule has 0 aliphatic heterocycles. The molecule has 0 saturated heterocycles.